The highest BCUT2D eigenvalue weighted by Gasteiger charge is 2.32. The normalized spacial score (nSPS) is 18.8. The van der Waals surface area contributed by atoms with Crippen LogP contribution in [0, 0.1) is 0 Å². The Morgan fingerprint density at radius 2 is 1.88 bits per heavy atom. The van der Waals surface area contributed by atoms with E-state index in [1.54, 1.807) is 6.20 Å². The molecule has 1 aliphatic heterocycles. The second kappa shape index (κ2) is 7.62. The van der Waals surface area contributed by atoms with Crippen molar-refractivity contribution in [2.24, 2.45) is 0 Å². The number of benzene rings is 1. The quantitative estimate of drug-likeness (QED) is 0.870. The maximum Gasteiger partial charge on any atom is 0.254 e. The third-order valence-corrected chi connectivity index (χ3v) is 5.63. The summed E-state index contributed by atoms with van der Waals surface area (Å²) in [6, 6.07) is 11.4. The summed E-state index contributed by atoms with van der Waals surface area (Å²) in [7, 11) is 0. The zero-order valence-electron chi connectivity index (χ0n) is 15.5. The van der Waals surface area contributed by atoms with Gasteiger partial charge in [-0.1, -0.05) is 37.3 Å². The van der Waals surface area contributed by atoms with E-state index in [-0.39, 0.29) is 5.91 Å². The lowest BCUT2D eigenvalue weighted by Gasteiger charge is -2.32. The lowest BCUT2D eigenvalue weighted by molar-refractivity contribution is 0.0908. The van der Waals surface area contributed by atoms with Crippen molar-refractivity contribution in [3.05, 3.63) is 53.3 Å². The molecule has 0 unspecified atom stereocenters. The molecule has 2 heterocycles. The van der Waals surface area contributed by atoms with Crippen molar-refractivity contribution in [2.45, 2.75) is 57.7 Å². The van der Waals surface area contributed by atoms with Gasteiger partial charge >= 0.3 is 0 Å². The zero-order valence-corrected chi connectivity index (χ0v) is 15.5. The predicted molar refractivity (Wildman–Crippen MR) is 102 cm³/mol. The average Bonchev–Trinajstić information content (AvgIpc) is 3.44. The van der Waals surface area contributed by atoms with E-state index in [4.69, 9.17) is 0 Å². The molecule has 1 aromatic heterocycles. The molecule has 2 aliphatic rings. The van der Waals surface area contributed by atoms with E-state index in [0.29, 0.717) is 12.6 Å². The van der Waals surface area contributed by atoms with Crippen LogP contribution in [0.15, 0.2) is 36.5 Å². The number of carbonyl (C=O) groups excluding carboxylic acids is 1. The fourth-order valence-electron chi connectivity index (χ4n) is 3.98. The van der Waals surface area contributed by atoms with Gasteiger partial charge in [0, 0.05) is 25.2 Å². The maximum absolute atomic E-state index is 12.8. The Labute approximate surface area is 155 Å². The smallest absolute Gasteiger partial charge is 0.254 e. The van der Waals surface area contributed by atoms with Crippen LogP contribution in [-0.4, -0.2) is 45.8 Å². The first-order chi connectivity index (χ1) is 12.7. The number of likely N-dealkylation sites (tertiary alicyclic amines) is 1. The summed E-state index contributed by atoms with van der Waals surface area (Å²) in [6.07, 6.45) is 7.37. The second-order valence-corrected chi connectivity index (χ2v) is 7.52. The molecule has 138 valence electrons. The standard InChI is InChI=1S/C21H28N4O/c1-2-20-19(14-22-25(20)15-16-6-4-3-5-7-16)21(26)23-17-10-12-24(13-11-17)18-8-9-18/h3-7,14,17-18H,2,8-13,15H2,1H3,(H,23,26). The van der Waals surface area contributed by atoms with Crippen molar-refractivity contribution in [1.29, 1.82) is 0 Å². The number of piperidine rings is 1. The molecule has 1 N–H and O–H groups in total. The predicted octanol–water partition coefficient (Wildman–Crippen LogP) is 2.85. The van der Waals surface area contributed by atoms with Crippen molar-refractivity contribution in [2.75, 3.05) is 13.1 Å². The highest BCUT2D eigenvalue weighted by molar-refractivity contribution is 5.95. The molecule has 0 radical (unpaired) electrons. The van der Waals surface area contributed by atoms with E-state index in [2.05, 4.69) is 34.4 Å². The van der Waals surface area contributed by atoms with Crippen LogP contribution in [0.2, 0.25) is 0 Å². The molecular formula is C21H28N4O. The molecule has 0 bridgehead atoms. The van der Waals surface area contributed by atoms with E-state index in [1.165, 1.54) is 18.4 Å². The fourth-order valence-corrected chi connectivity index (χ4v) is 3.98. The highest BCUT2D eigenvalue weighted by Crippen LogP contribution is 2.29. The molecule has 0 spiro atoms. The first-order valence-corrected chi connectivity index (χ1v) is 9.88. The summed E-state index contributed by atoms with van der Waals surface area (Å²) in [5.41, 5.74) is 2.94. The molecule has 2 aromatic rings. The number of nitrogens with one attached hydrogen (secondary N) is 1. The monoisotopic (exact) mass is 352 g/mol. The van der Waals surface area contributed by atoms with Crippen LogP contribution in [-0.2, 0) is 13.0 Å². The van der Waals surface area contributed by atoms with Gasteiger partial charge in [-0.05, 0) is 37.7 Å². The third-order valence-electron chi connectivity index (χ3n) is 5.63. The summed E-state index contributed by atoms with van der Waals surface area (Å²) in [4.78, 5) is 15.4. The van der Waals surface area contributed by atoms with E-state index in [0.717, 1.165) is 49.7 Å². The molecule has 1 aliphatic carbocycles. The SMILES string of the molecule is CCc1c(C(=O)NC2CCN(C3CC3)CC2)cnn1Cc1ccccc1. The Bertz CT molecular complexity index is 743. The van der Waals surface area contributed by atoms with E-state index in [9.17, 15) is 4.79 Å². The van der Waals surface area contributed by atoms with Crippen LogP contribution in [0.1, 0.15) is 54.2 Å². The van der Waals surface area contributed by atoms with Gasteiger partial charge < -0.3 is 10.2 Å². The minimum Gasteiger partial charge on any atom is -0.349 e. The zero-order chi connectivity index (χ0) is 17.9. The number of hydrogen-bond acceptors (Lipinski definition) is 3. The summed E-state index contributed by atoms with van der Waals surface area (Å²) in [5.74, 6) is 0.0334. The number of hydrogen-bond donors (Lipinski definition) is 1. The van der Waals surface area contributed by atoms with E-state index >= 15 is 0 Å². The highest BCUT2D eigenvalue weighted by atomic mass is 16.1. The number of rotatable bonds is 6. The molecule has 1 saturated carbocycles. The van der Waals surface area contributed by atoms with Crippen LogP contribution in [0.25, 0.3) is 0 Å². The lowest BCUT2D eigenvalue weighted by Crippen LogP contribution is -2.45. The molecule has 1 amide bonds. The first kappa shape index (κ1) is 17.3. The van der Waals surface area contributed by atoms with Crippen LogP contribution >= 0.6 is 0 Å². The van der Waals surface area contributed by atoms with Gasteiger partial charge in [-0.2, -0.15) is 5.10 Å². The molecule has 1 aromatic carbocycles. The van der Waals surface area contributed by atoms with Crippen molar-refractivity contribution >= 4 is 5.91 Å². The number of aromatic nitrogens is 2. The van der Waals surface area contributed by atoms with E-state index in [1.807, 2.05) is 22.9 Å². The molecule has 5 nitrogen and oxygen atoms in total. The van der Waals surface area contributed by atoms with Gasteiger partial charge in [0.05, 0.1) is 24.0 Å². The van der Waals surface area contributed by atoms with Gasteiger partial charge in [0.2, 0.25) is 0 Å². The van der Waals surface area contributed by atoms with Crippen LogP contribution in [0.5, 0.6) is 0 Å². The Morgan fingerprint density at radius 1 is 1.15 bits per heavy atom. The molecule has 4 rings (SSSR count). The number of amides is 1. The molecule has 1 saturated heterocycles. The minimum atomic E-state index is 0.0334. The second-order valence-electron chi connectivity index (χ2n) is 7.52. The van der Waals surface area contributed by atoms with Gasteiger partial charge in [0.25, 0.3) is 5.91 Å². The summed E-state index contributed by atoms with van der Waals surface area (Å²) in [6.45, 7) is 5.02. The topological polar surface area (TPSA) is 50.2 Å². The van der Waals surface area contributed by atoms with E-state index < -0.39 is 0 Å². The number of nitrogens with zero attached hydrogens (tertiary/aromatic N) is 3. The molecule has 5 heteroatoms. The summed E-state index contributed by atoms with van der Waals surface area (Å²) < 4.78 is 1.96. The average molecular weight is 352 g/mol. The Morgan fingerprint density at radius 3 is 2.54 bits per heavy atom. The van der Waals surface area contributed by atoms with Crippen molar-refractivity contribution < 1.29 is 4.79 Å². The third kappa shape index (κ3) is 3.83. The summed E-state index contributed by atoms with van der Waals surface area (Å²) in [5, 5.41) is 7.74. The van der Waals surface area contributed by atoms with Gasteiger partial charge in [-0.3, -0.25) is 9.48 Å². The Kier molecular flexibility index (Phi) is 5.07. The van der Waals surface area contributed by atoms with Gasteiger partial charge in [0.15, 0.2) is 0 Å². The largest absolute Gasteiger partial charge is 0.349 e. The fraction of sp³-hybridized carbons (Fsp3) is 0.524. The van der Waals surface area contributed by atoms with Gasteiger partial charge in [0.1, 0.15) is 0 Å². The molecule has 26 heavy (non-hydrogen) atoms. The Hall–Kier alpha value is -2.14. The Balaban J connectivity index is 1.39. The first-order valence-electron chi connectivity index (χ1n) is 9.88. The van der Waals surface area contributed by atoms with Crippen molar-refractivity contribution in [3.8, 4) is 0 Å². The van der Waals surface area contributed by atoms with Crippen molar-refractivity contribution in [1.82, 2.24) is 20.0 Å². The minimum absolute atomic E-state index is 0.0334. The molecule has 2 fully saturated rings. The van der Waals surface area contributed by atoms with Crippen LogP contribution < -0.4 is 5.32 Å². The molecular weight excluding hydrogens is 324 g/mol. The number of carbonyl (C=O) groups is 1. The van der Waals surface area contributed by atoms with Gasteiger partial charge in [-0.15, -0.1) is 0 Å². The molecule has 0 atom stereocenters. The summed E-state index contributed by atoms with van der Waals surface area (Å²) >= 11 is 0. The maximum atomic E-state index is 12.8. The van der Waals surface area contributed by atoms with Gasteiger partial charge in [-0.25, -0.2) is 0 Å². The van der Waals surface area contributed by atoms with Crippen LogP contribution in [0.3, 0.4) is 0 Å². The van der Waals surface area contributed by atoms with Crippen molar-refractivity contribution in [3.63, 3.8) is 0 Å². The lowest BCUT2D eigenvalue weighted by atomic mass is 10.0. The van der Waals surface area contributed by atoms with Crippen LogP contribution in [0.4, 0.5) is 0 Å².